The van der Waals surface area contributed by atoms with Crippen molar-refractivity contribution in [2.24, 2.45) is 0 Å². The van der Waals surface area contributed by atoms with Gasteiger partial charge in [-0.05, 0) is 58.5 Å². The Kier molecular flexibility index (Phi) is 7.31. The maximum atomic E-state index is 6.37. The Hall–Kier alpha value is -3.72. The lowest BCUT2D eigenvalue weighted by atomic mass is 10.0. The molecule has 0 fully saturated rings. The number of methoxy groups -OCH3 is 1. The molecule has 3 nitrogen and oxygen atoms in total. The second-order valence-electron chi connectivity index (χ2n) is 8.07. The highest BCUT2D eigenvalue weighted by Crippen LogP contribution is 2.35. The van der Waals surface area contributed by atoms with E-state index in [0.29, 0.717) is 19.6 Å². The number of nitrogens with one attached hydrogen (secondary N) is 1. The van der Waals surface area contributed by atoms with Gasteiger partial charge in [-0.1, -0.05) is 73.7 Å². The fraction of sp³-hybridized carbons (Fsp3) is 0.200. The fourth-order valence-electron chi connectivity index (χ4n) is 4.21. The molecule has 168 valence electrons. The SMILES string of the molecule is C=CCc1cc(CNc2ccccc2CC)cc(OC)c1OCc1cccc2ccccc12. The van der Waals surface area contributed by atoms with Gasteiger partial charge in [0, 0.05) is 17.8 Å². The van der Waals surface area contributed by atoms with Crippen molar-refractivity contribution in [1.82, 2.24) is 0 Å². The van der Waals surface area contributed by atoms with Gasteiger partial charge < -0.3 is 14.8 Å². The molecular formula is C30H31NO2. The zero-order valence-corrected chi connectivity index (χ0v) is 19.4. The van der Waals surface area contributed by atoms with Crippen LogP contribution in [0.5, 0.6) is 11.5 Å². The first-order valence-electron chi connectivity index (χ1n) is 11.4. The zero-order valence-electron chi connectivity index (χ0n) is 19.4. The molecule has 0 saturated carbocycles. The molecule has 0 aromatic heterocycles. The van der Waals surface area contributed by atoms with Crippen LogP contribution >= 0.6 is 0 Å². The number of hydrogen-bond donors (Lipinski definition) is 1. The van der Waals surface area contributed by atoms with Gasteiger partial charge in [-0.2, -0.15) is 0 Å². The Morgan fingerprint density at radius 1 is 0.879 bits per heavy atom. The number of benzene rings is 4. The summed E-state index contributed by atoms with van der Waals surface area (Å²) in [7, 11) is 1.70. The Bertz CT molecular complexity index is 1240. The molecular weight excluding hydrogens is 406 g/mol. The van der Waals surface area contributed by atoms with Crippen LogP contribution < -0.4 is 14.8 Å². The lowest BCUT2D eigenvalue weighted by Gasteiger charge is -2.18. The first-order valence-corrected chi connectivity index (χ1v) is 11.4. The van der Waals surface area contributed by atoms with Gasteiger partial charge in [0.05, 0.1) is 7.11 Å². The standard InChI is InChI=1S/C30H31NO2/c1-4-11-25-18-22(20-31-28-17-9-7-12-23(28)5-2)19-29(32-3)30(25)33-21-26-15-10-14-24-13-6-8-16-27(24)26/h4,6-10,12-19,31H,1,5,11,20-21H2,2-3H3. The summed E-state index contributed by atoms with van der Waals surface area (Å²) in [5.74, 6) is 1.53. The minimum atomic E-state index is 0.476. The number of ether oxygens (including phenoxy) is 2. The van der Waals surface area contributed by atoms with E-state index in [1.807, 2.05) is 6.08 Å². The molecule has 0 spiro atoms. The molecule has 4 rings (SSSR count). The third-order valence-corrected chi connectivity index (χ3v) is 5.91. The third kappa shape index (κ3) is 5.20. The number of allylic oxidation sites excluding steroid dienone is 1. The molecule has 4 aromatic rings. The minimum absolute atomic E-state index is 0.476. The molecule has 0 bridgehead atoms. The Morgan fingerprint density at radius 2 is 1.64 bits per heavy atom. The van der Waals surface area contributed by atoms with Crippen LogP contribution in [-0.2, 0) is 26.0 Å². The summed E-state index contributed by atoms with van der Waals surface area (Å²) in [6, 6.07) is 27.4. The van der Waals surface area contributed by atoms with Crippen molar-refractivity contribution >= 4 is 16.5 Å². The maximum Gasteiger partial charge on any atom is 0.165 e. The fourth-order valence-corrected chi connectivity index (χ4v) is 4.21. The summed E-state index contributed by atoms with van der Waals surface area (Å²) >= 11 is 0. The van der Waals surface area contributed by atoms with Gasteiger partial charge in [0.2, 0.25) is 0 Å². The molecule has 0 aliphatic carbocycles. The number of hydrogen-bond acceptors (Lipinski definition) is 3. The van der Waals surface area contributed by atoms with Crippen LogP contribution in [0.3, 0.4) is 0 Å². The highest BCUT2D eigenvalue weighted by molar-refractivity contribution is 5.85. The topological polar surface area (TPSA) is 30.5 Å². The second-order valence-corrected chi connectivity index (χ2v) is 8.07. The molecule has 4 aromatic carbocycles. The smallest absolute Gasteiger partial charge is 0.165 e. The molecule has 0 atom stereocenters. The molecule has 0 radical (unpaired) electrons. The predicted octanol–water partition coefficient (Wildman–Crippen LogP) is 7.33. The minimum Gasteiger partial charge on any atom is -0.493 e. The van der Waals surface area contributed by atoms with Crippen LogP contribution in [0, 0.1) is 0 Å². The van der Waals surface area contributed by atoms with Crippen molar-refractivity contribution in [3.05, 3.63) is 114 Å². The Labute approximate surface area is 196 Å². The summed E-state index contributed by atoms with van der Waals surface area (Å²) in [4.78, 5) is 0. The van der Waals surface area contributed by atoms with Gasteiger partial charge in [-0.25, -0.2) is 0 Å². The van der Waals surface area contributed by atoms with Crippen LogP contribution in [0.15, 0.2) is 91.5 Å². The van der Waals surface area contributed by atoms with Gasteiger partial charge in [0.15, 0.2) is 11.5 Å². The molecule has 3 heteroatoms. The number of rotatable bonds is 10. The molecule has 0 saturated heterocycles. The van der Waals surface area contributed by atoms with Crippen LogP contribution in [0.2, 0.25) is 0 Å². The van der Waals surface area contributed by atoms with Crippen molar-refractivity contribution in [1.29, 1.82) is 0 Å². The lowest BCUT2D eigenvalue weighted by molar-refractivity contribution is 0.283. The van der Waals surface area contributed by atoms with Crippen molar-refractivity contribution in [3.63, 3.8) is 0 Å². The largest absolute Gasteiger partial charge is 0.493 e. The normalized spacial score (nSPS) is 10.7. The van der Waals surface area contributed by atoms with E-state index in [-0.39, 0.29) is 0 Å². The van der Waals surface area contributed by atoms with Crippen LogP contribution in [0.1, 0.15) is 29.2 Å². The summed E-state index contributed by atoms with van der Waals surface area (Å²) in [5.41, 5.74) is 5.85. The number of anilines is 1. The third-order valence-electron chi connectivity index (χ3n) is 5.91. The number of fused-ring (bicyclic) bond motifs is 1. The number of aryl methyl sites for hydroxylation is 1. The summed E-state index contributed by atoms with van der Waals surface area (Å²) in [5, 5.41) is 6.00. The number of para-hydroxylation sites is 1. The molecule has 0 unspecified atom stereocenters. The van der Waals surface area contributed by atoms with Gasteiger partial charge in [0.25, 0.3) is 0 Å². The van der Waals surface area contributed by atoms with Gasteiger partial charge >= 0.3 is 0 Å². The van der Waals surface area contributed by atoms with E-state index in [1.54, 1.807) is 7.11 Å². The molecule has 33 heavy (non-hydrogen) atoms. The molecule has 1 N–H and O–H groups in total. The summed E-state index contributed by atoms with van der Waals surface area (Å²) in [6.45, 7) is 7.31. The van der Waals surface area contributed by atoms with Crippen LogP contribution in [0.4, 0.5) is 5.69 Å². The monoisotopic (exact) mass is 437 g/mol. The highest BCUT2D eigenvalue weighted by atomic mass is 16.5. The lowest BCUT2D eigenvalue weighted by Crippen LogP contribution is -2.06. The second kappa shape index (κ2) is 10.7. The molecule has 0 heterocycles. The Balaban J connectivity index is 1.59. The van der Waals surface area contributed by atoms with E-state index in [0.717, 1.165) is 34.6 Å². The van der Waals surface area contributed by atoms with E-state index in [2.05, 4.69) is 97.7 Å². The average Bonchev–Trinajstić information content (AvgIpc) is 2.86. The van der Waals surface area contributed by atoms with E-state index in [1.165, 1.54) is 22.0 Å². The van der Waals surface area contributed by atoms with E-state index in [9.17, 15) is 0 Å². The van der Waals surface area contributed by atoms with Gasteiger partial charge in [-0.3, -0.25) is 0 Å². The first kappa shape index (κ1) is 22.5. The molecule has 0 aliphatic rings. The maximum absolute atomic E-state index is 6.37. The average molecular weight is 438 g/mol. The predicted molar refractivity (Wildman–Crippen MR) is 138 cm³/mol. The van der Waals surface area contributed by atoms with Gasteiger partial charge in [0.1, 0.15) is 6.61 Å². The highest BCUT2D eigenvalue weighted by Gasteiger charge is 2.14. The van der Waals surface area contributed by atoms with Gasteiger partial charge in [-0.15, -0.1) is 6.58 Å². The van der Waals surface area contributed by atoms with Crippen molar-refractivity contribution in [3.8, 4) is 11.5 Å². The summed E-state index contributed by atoms with van der Waals surface area (Å²) in [6.07, 6.45) is 3.61. The Morgan fingerprint density at radius 3 is 2.45 bits per heavy atom. The van der Waals surface area contributed by atoms with Crippen LogP contribution in [0.25, 0.3) is 10.8 Å². The van der Waals surface area contributed by atoms with Crippen molar-refractivity contribution < 1.29 is 9.47 Å². The van der Waals surface area contributed by atoms with Crippen molar-refractivity contribution in [2.75, 3.05) is 12.4 Å². The van der Waals surface area contributed by atoms with E-state index in [4.69, 9.17) is 9.47 Å². The first-order chi connectivity index (χ1) is 16.2. The van der Waals surface area contributed by atoms with Crippen molar-refractivity contribution in [2.45, 2.75) is 32.9 Å². The van der Waals surface area contributed by atoms with E-state index < -0.39 is 0 Å². The summed E-state index contributed by atoms with van der Waals surface area (Å²) < 4.78 is 12.1. The van der Waals surface area contributed by atoms with Crippen LogP contribution in [-0.4, -0.2) is 7.11 Å². The molecule has 0 amide bonds. The molecule has 0 aliphatic heterocycles. The van der Waals surface area contributed by atoms with E-state index >= 15 is 0 Å². The quantitative estimate of drug-likeness (QED) is 0.263. The zero-order chi connectivity index (χ0) is 23.0.